The number of nitrogens with zero attached hydrogens (tertiary/aromatic N) is 3. The summed E-state index contributed by atoms with van der Waals surface area (Å²) < 4.78 is 1.84. The number of nitrogens with one attached hydrogen (secondary N) is 2. The maximum Gasteiger partial charge on any atom is 0.228 e. The molecular formula is C17H20ClN5OS. The maximum atomic E-state index is 12.5. The SMILES string of the molecule is Cn1cnnc1Sc1ccc(NC(=O)C2CC23CCNCC3)cc1Cl. The predicted molar refractivity (Wildman–Crippen MR) is 97.9 cm³/mol. The molecule has 1 aliphatic carbocycles. The summed E-state index contributed by atoms with van der Waals surface area (Å²) in [4.78, 5) is 13.4. The normalized spacial score (nSPS) is 21.3. The fourth-order valence-corrected chi connectivity index (χ4v) is 4.61. The van der Waals surface area contributed by atoms with Crippen molar-refractivity contribution in [1.82, 2.24) is 20.1 Å². The van der Waals surface area contributed by atoms with E-state index >= 15 is 0 Å². The van der Waals surface area contributed by atoms with Crippen molar-refractivity contribution in [3.8, 4) is 0 Å². The van der Waals surface area contributed by atoms with Crippen molar-refractivity contribution in [3.63, 3.8) is 0 Å². The van der Waals surface area contributed by atoms with Crippen LogP contribution in [0, 0.1) is 11.3 Å². The van der Waals surface area contributed by atoms with Gasteiger partial charge in [0.2, 0.25) is 5.91 Å². The highest BCUT2D eigenvalue weighted by Gasteiger charge is 2.57. The van der Waals surface area contributed by atoms with Gasteiger partial charge in [-0.1, -0.05) is 11.6 Å². The minimum atomic E-state index is 0.117. The molecular weight excluding hydrogens is 358 g/mol. The van der Waals surface area contributed by atoms with Crippen molar-refractivity contribution in [1.29, 1.82) is 0 Å². The Morgan fingerprint density at radius 3 is 2.92 bits per heavy atom. The van der Waals surface area contributed by atoms with E-state index in [9.17, 15) is 4.79 Å². The van der Waals surface area contributed by atoms with Crippen molar-refractivity contribution in [2.75, 3.05) is 18.4 Å². The van der Waals surface area contributed by atoms with E-state index in [-0.39, 0.29) is 17.2 Å². The Morgan fingerprint density at radius 1 is 1.44 bits per heavy atom. The second-order valence-corrected chi connectivity index (χ2v) is 8.25. The van der Waals surface area contributed by atoms with Crippen LogP contribution in [0.15, 0.2) is 34.6 Å². The smallest absolute Gasteiger partial charge is 0.228 e. The number of rotatable bonds is 4. The lowest BCUT2D eigenvalue weighted by atomic mass is 9.92. The van der Waals surface area contributed by atoms with Crippen LogP contribution in [0.5, 0.6) is 0 Å². The first-order chi connectivity index (χ1) is 12.1. The Morgan fingerprint density at radius 2 is 2.24 bits per heavy atom. The van der Waals surface area contributed by atoms with Gasteiger partial charge in [-0.2, -0.15) is 0 Å². The van der Waals surface area contributed by atoms with Crippen LogP contribution in [0.2, 0.25) is 5.02 Å². The molecule has 0 radical (unpaired) electrons. The summed E-state index contributed by atoms with van der Waals surface area (Å²) in [6.45, 7) is 2.03. The van der Waals surface area contributed by atoms with Gasteiger partial charge in [-0.05, 0) is 67.7 Å². The third-order valence-electron chi connectivity index (χ3n) is 5.18. The van der Waals surface area contributed by atoms with Gasteiger partial charge in [0.25, 0.3) is 0 Å². The van der Waals surface area contributed by atoms with Crippen LogP contribution in [0.1, 0.15) is 19.3 Å². The molecule has 25 heavy (non-hydrogen) atoms. The Bertz CT molecular complexity index is 802. The van der Waals surface area contributed by atoms with Gasteiger partial charge in [0, 0.05) is 23.5 Å². The van der Waals surface area contributed by atoms with E-state index in [0.717, 1.165) is 48.1 Å². The highest BCUT2D eigenvalue weighted by Crippen LogP contribution is 2.58. The Hall–Kier alpha value is -1.57. The Kier molecular flexibility index (Phi) is 4.47. The van der Waals surface area contributed by atoms with Gasteiger partial charge in [0.1, 0.15) is 6.33 Å². The van der Waals surface area contributed by atoms with Crippen LogP contribution < -0.4 is 10.6 Å². The van der Waals surface area contributed by atoms with Crippen molar-refractivity contribution in [3.05, 3.63) is 29.5 Å². The molecule has 2 N–H and O–H groups in total. The standard InChI is InChI=1S/C17H20ClN5OS/c1-23-10-20-22-16(23)25-14-3-2-11(8-13(14)18)21-15(24)12-9-17(12)4-6-19-7-5-17/h2-3,8,10,12,19H,4-7,9H2,1H3,(H,21,24). The zero-order valence-electron chi connectivity index (χ0n) is 14.0. The van der Waals surface area contributed by atoms with Crippen LogP contribution in [0.4, 0.5) is 5.69 Å². The number of carbonyl (C=O) groups excluding carboxylic acids is 1. The first-order valence-corrected chi connectivity index (χ1v) is 9.60. The van der Waals surface area contributed by atoms with Gasteiger partial charge in [-0.25, -0.2) is 0 Å². The van der Waals surface area contributed by atoms with E-state index in [1.54, 1.807) is 12.4 Å². The number of piperidine rings is 1. The molecule has 1 saturated heterocycles. The molecule has 1 saturated carbocycles. The molecule has 1 unspecified atom stereocenters. The van der Waals surface area contributed by atoms with E-state index < -0.39 is 0 Å². The minimum absolute atomic E-state index is 0.117. The fourth-order valence-electron chi connectivity index (χ4n) is 3.55. The number of amides is 1. The van der Waals surface area contributed by atoms with Crippen molar-refractivity contribution < 1.29 is 4.79 Å². The minimum Gasteiger partial charge on any atom is -0.326 e. The molecule has 1 atom stereocenters. The maximum absolute atomic E-state index is 12.5. The van der Waals surface area contributed by atoms with Crippen LogP contribution in [0.3, 0.4) is 0 Å². The van der Waals surface area contributed by atoms with Crippen LogP contribution in [-0.4, -0.2) is 33.8 Å². The molecule has 8 heteroatoms. The number of carbonyl (C=O) groups is 1. The van der Waals surface area contributed by atoms with Gasteiger partial charge in [-0.3, -0.25) is 4.79 Å². The second-order valence-electron chi connectivity index (χ2n) is 6.83. The lowest BCUT2D eigenvalue weighted by Gasteiger charge is -2.23. The van der Waals surface area contributed by atoms with Crippen LogP contribution >= 0.6 is 23.4 Å². The summed E-state index contributed by atoms with van der Waals surface area (Å²) in [6.07, 6.45) is 4.85. The first-order valence-electron chi connectivity index (χ1n) is 8.40. The topological polar surface area (TPSA) is 71.8 Å². The highest BCUT2D eigenvalue weighted by molar-refractivity contribution is 7.99. The second kappa shape index (κ2) is 6.63. The molecule has 1 spiro atoms. The fraction of sp³-hybridized carbons (Fsp3) is 0.471. The number of aromatic nitrogens is 3. The monoisotopic (exact) mass is 377 g/mol. The van der Waals surface area contributed by atoms with E-state index in [1.807, 2.05) is 23.7 Å². The van der Waals surface area contributed by atoms with Gasteiger partial charge in [0.05, 0.1) is 5.02 Å². The van der Waals surface area contributed by atoms with E-state index in [1.165, 1.54) is 11.8 Å². The summed E-state index contributed by atoms with van der Waals surface area (Å²) in [6, 6.07) is 5.60. The largest absolute Gasteiger partial charge is 0.326 e. The van der Waals surface area contributed by atoms with Crippen molar-refractivity contribution in [2.45, 2.75) is 29.3 Å². The zero-order valence-corrected chi connectivity index (χ0v) is 15.5. The van der Waals surface area contributed by atoms with Gasteiger partial charge in [0.15, 0.2) is 5.16 Å². The van der Waals surface area contributed by atoms with Gasteiger partial charge in [-0.15, -0.1) is 10.2 Å². The molecule has 4 rings (SSSR count). The molecule has 1 aliphatic heterocycles. The molecule has 6 nitrogen and oxygen atoms in total. The van der Waals surface area contributed by atoms with Crippen LogP contribution in [0.25, 0.3) is 0 Å². The third kappa shape index (κ3) is 3.41. The number of hydrogen-bond donors (Lipinski definition) is 2. The highest BCUT2D eigenvalue weighted by atomic mass is 35.5. The summed E-state index contributed by atoms with van der Waals surface area (Å²) in [7, 11) is 1.89. The first kappa shape index (κ1) is 16.9. The number of anilines is 1. The third-order valence-corrected chi connectivity index (χ3v) is 6.73. The molecule has 132 valence electrons. The summed E-state index contributed by atoms with van der Waals surface area (Å²) in [5.41, 5.74) is 0.980. The van der Waals surface area contributed by atoms with Crippen molar-refractivity contribution in [2.24, 2.45) is 18.4 Å². The molecule has 0 bridgehead atoms. The van der Waals surface area contributed by atoms with E-state index in [0.29, 0.717) is 5.02 Å². The molecule has 1 aromatic carbocycles. The van der Waals surface area contributed by atoms with Gasteiger partial charge < -0.3 is 15.2 Å². The average Bonchev–Trinajstić information content (AvgIpc) is 3.13. The van der Waals surface area contributed by atoms with E-state index in [4.69, 9.17) is 11.6 Å². The molecule has 2 heterocycles. The Balaban J connectivity index is 1.41. The van der Waals surface area contributed by atoms with E-state index in [2.05, 4.69) is 20.8 Å². The molecule has 1 aromatic heterocycles. The Labute approximate surface area is 155 Å². The van der Waals surface area contributed by atoms with Gasteiger partial charge >= 0.3 is 0 Å². The number of hydrogen-bond acceptors (Lipinski definition) is 5. The summed E-state index contributed by atoms with van der Waals surface area (Å²) in [5.74, 6) is 0.257. The van der Waals surface area contributed by atoms with Crippen LogP contribution in [-0.2, 0) is 11.8 Å². The molecule has 2 aromatic rings. The van der Waals surface area contributed by atoms with Crippen molar-refractivity contribution >= 4 is 35.0 Å². The molecule has 1 amide bonds. The number of benzene rings is 1. The lowest BCUT2D eigenvalue weighted by Crippen LogP contribution is -2.31. The average molecular weight is 378 g/mol. The lowest BCUT2D eigenvalue weighted by molar-refractivity contribution is -0.118. The number of halogens is 1. The predicted octanol–water partition coefficient (Wildman–Crippen LogP) is 2.95. The zero-order chi connectivity index (χ0) is 17.4. The number of aryl methyl sites for hydroxylation is 1. The summed E-state index contributed by atoms with van der Waals surface area (Å²) >= 11 is 7.83. The quantitative estimate of drug-likeness (QED) is 0.857. The summed E-state index contributed by atoms with van der Waals surface area (Å²) in [5, 5.41) is 15.7. The molecule has 2 fully saturated rings. The molecule has 2 aliphatic rings.